The number of hydrogen-bond acceptors (Lipinski definition) is 7. The van der Waals surface area contributed by atoms with Crippen molar-refractivity contribution in [3.05, 3.63) is 54.1 Å². The molecule has 0 spiro atoms. The molecule has 3 aromatic carbocycles. The van der Waals surface area contributed by atoms with E-state index in [1.165, 1.54) is 12.1 Å². The first-order valence-corrected chi connectivity index (χ1v) is 15.6. The van der Waals surface area contributed by atoms with Gasteiger partial charge < -0.3 is 20.1 Å². The lowest BCUT2D eigenvalue weighted by Crippen LogP contribution is -2.58. The number of phenols is 1. The summed E-state index contributed by atoms with van der Waals surface area (Å²) in [5, 5.41) is 15.7. The highest BCUT2D eigenvalue weighted by molar-refractivity contribution is 6.01. The molecule has 4 aromatic rings. The predicted octanol–water partition coefficient (Wildman–Crippen LogP) is 5.97. The fraction of sp³-hybridized carbons (Fsp3) is 0.471. The molecular weight excluding hydrogens is 567 g/mol. The van der Waals surface area contributed by atoms with Crippen molar-refractivity contribution in [3.8, 4) is 22.9 Å². The second kappa shape index (κ2) is 10.2. The van der Waals surface area contributed by atoms with E-state index in [9.17, 15) is 9.50 Å². The number of piperazine rings is 1. The molecule has 3 atom stereocenters. The summed E-state index contributed by atoms with van der Waals surface area (Å²) in [6.45, 7) is 5.76. The van der Waals surface area contributed by atoms with E-state index >= 15 is 8.78 Å². The van der Waals surface area contributed by atoms with Gasteiger partial charge in [-0.1, -0.05) is 24.3 Å². The zero-order valence-corrected chi connectivity index (χ0v) is 24.8. The second-order valence-corrected chi connectivity index (χ2v) is 13.7. The van der Waals surface area contributed by atoms with Gasteiger partial charge in [-0.25, -0.2) is 13.2 Å². The van der Waals surface area contributed by atoms with Crippen LogP contribution in [0.1, 0.15) is 39.0 Å². The Balaban J connectivity index is 1.22. The molecule has 2 N–H and O–H groups in total. The number of hydrogen-bond donors (Lipinski definition) is 2. The topological polar surface area (TPSA) is 73.8 Å². The van der Waals surface area contributed by atoms with Gasteiger partial charge in [-0.05, 0) is 73.6 Å². The van der Waals surface area contributed by atoms with Gasteiger partial charge in [0, 0.05) is 55.1 Å². The van der Waals surface area contributed by atoms with Crippen LogP contribution in [-0.2, 0) is 0 Å². The Morgan fingerprint density at radius 3 is 2.66 bits per heavy atom. The number of benzene rings is 3. The van der Waals surface area contributed by atoms with Crippen molar-refractivity contribution in [3.63, 3.8) is 0 Å². The molecule has 230 valence electrons. The maximum atomic E-state index is 16.7. The molecule has 1 saturated carbocycles. The number of likely N-dealkylation sites (tertiary alicyclic amines) is 1. The van der Waals surface area contributed by atoms with E-state index < -0.39 is 17.8 Å². The largest absolute Gasteiger partial charge is 0.508 e. The SMILES string of the molecule is C[C@]12CC[C@H](CN(c3nc(OCC4(CN5CC[C@@H](F)C5)CC4)nc4c(F)c(-c5cc(O)cc6ccccc56)c(F)cc34)C1)N2. The predicted molar refractivity (Wildman–Crippen MR) is 164 cm³/mol. The fourth-order valence-electron chi connectivity index (χ4n) is 7.66. The minimum atomic E-state index is -0.819. The molecule has 4 heterocycles. The number of halogens is 3. The number of anilines is 1. The molecule has 0 radical (unpaired) electrons. The monoisotopic (exact) mass is 603 g/mol. The number of nitrogens with one attached hydrogen (secondary N) is 1. The number of nitrogens with zero attached hydrogens (tertiary/aromatic N) is 4. The molecule has 2 bridgehead atoms. The summed E-state index contributed by atoms with van der Waals surface area (Å²) in [5.41, 5.74) is -0.241. The number of alkyl halides is 1. The van der Waals surface area contributed by atoms with Crippen LogP contribution >= 0.6 is 0 Å². The molecule has 1 aromatic heterocycles. The van der Waals surface area contributed by atoms with Crippen LogP contribution in [0.3, 0.4) is 0 Å². The molecule has 0 amide bonds. The quantitative estimate of drug-likeness (QED) is 0.270. The van der Waals surface area contributed by atoms with Crippen molar-refractivity contribution in [2.75, 3.05) is 44.2 Å². The van der Waals surface area contributed by atoms with E-state index in [0.717, 1.165) is 38.8 Å². The molecule has 8 rings (SSSR count). The van der Waals surface area contributed by atoms with Crippen molar-refractivity contribution in [1.82, 2.24) is 20.2 Å². The third-order valence-corrected chi connectivity index (χ3v) is 10.1. The average molecular weight is 604 g/mol. The Morgan fingerprint density at radius 1 is 1.05 bits per heavy atom. The second-order valence-electron chi connectivity index (χ2n) is 13.7. The van der Waals surface area contributed by atoms with E-state index in [1.807, 2.05) is 6.07 Å². The molecular formula is C34H36F3N5O2. The van der Waals surface area contributed by atoms with Crippen molar-refractivity contribution in [2.24, 2.45) is 5.41 Å². The Bertz CT molecular complexity index is 1780. The minimum Gasteiger partial charge on any atom is -0.508 e. The van der Waals surface area contributed by atoms with Crippen LogP contribution in [0.4, 0.5) is 19.0 Å². The van der Waals surface area contributed by atoms with E-state index in [-0.39, 0.29) is 50.8 Å². The van der Waals surface area contributed by atoms with Gasteiger partial charge in [-0.15, -0.1) is 0 Å². The molecule has 4 aliphatic rings. The summed E-state index contributed by atoms with van der Waals surface area (Å²) < 4.78 is 52.8. The summed E-state index contributed by atoms with van der Waals surface area (Å²) in [6, 6.07) is 11.8. The molecule has 3 aliphatic heterocycles. The van der Waals surface area contributed by atoms with E-state index in [2.05, 4.69) is 27.0 Å². The lowest BCUT2D eigenvalue weighted by molar-refractivity contribution is 0.165. The summed E-state index contributed by atoms with van der Waals surface area (Å²) in [4.78, 5) is 13.6. The third-order valence-electron chi connectivity index (χ3n) is 10.1. The lowest BCUT2D eigenvalue weighted by atomic mass is 9.95. The zero-order valence-electron chi connectivity index (χ0n) is 24.8. The Morgan fingerprint density at radius 2 is 1.89 bits per heavy atom. The van der Waals surface area contributed by atoms with Gasteiger partial charge >= 0.3 is 6.01 Å². The first-order valence-electron chi connectivity index (χ1n) is 15.6. The highest BCUT2D eigenvalue weighted by atomic mass is 19.1. The van der Waals surface area contributed by atoms with Crippen LogP contribution in [0, 0.1) is 17.0 Å². The van der Waals surface area contributed by atoms with Gasteiger partial charge in [-0.3, -0.25) is 4.90 Å². The molecule has 3 saturated heterocycles. The number of aromatic nitrogens is 2. The number of fused-ring (bicyclic) bond motifs is 4. The van der Waals surface area contributed by atoms with Crippen molar-refractivity contribution < 1.29 is 23.0 Å². The van der Waals surface area contributed by atoms with E-state index in [1.54, 1.807) is 24.3 Å². The van der Waals surface area contributed by atoms with E-state index in [0.29, 0.717) is 49.3 Å². The lowest BCUT2D eigenvalue weighted by Gasteiger charge is -2.40. The van der Waals surface area contributed by atoms with Gasteiger partial charge in [-0.2, -0.15) is 9.97 Å². The molecule has 10 heteroatoms. The highest BCUT2D eigenvalue weighted by Gasteiger charge is 2.46. The molecule has 4 fully saturated rings. The summed E-state index contributed by atoms with van der Waals surface area (Å²) in [7, 11) is 0. The van der Waals surface area contributed by atoms with Crippen LogP contribution < -0.4 is 15.0 Å². The number of ether oxygens (including phenoxy) is 1. The van der Waals surface area contributed by atoms with Crippen molar-refractivity contribution in [2.45, 2.75) is 56.8 Å². The Hall–Kier alpha value is -3.63. The zero-order chi connectivity index (χ0) is 30.2. The number of phenolic OH excluding ortho intramolecular Hbond substituents is 1. The molecule has 7 nitrogen and oxygen atoms in total. The first kappa shape index (κ1) is 27.9. The van der Waals surface area contributed by atoms with Crippen LogP contribution in [-0.4, -0.2) is 77.1 Å². The first-order chi connectivity index (χ1) is 21.2. The van der Waals surface area contributed by atoms with Crippen molar-refractivity contribution >= 4 is 27.5 Å². The fourth-order valence-corrected chi connectivity index (χ4v) is 7.66. The van der Waals surface area contributed by atoms with Crippen LogP contribution in [0.5, 0.6) is 11.8 Å². The summed E-state index contributed by atoms with van der Waals surface area (Å²) in [6.07, 6.45) is 3.74. The molecule has 1 aliphatic carbocycles. The van der Waals surface area contributed by atoms with Gasteiger partial charge in [0.15, 0.2) is 5.82 Å². The third kappa shape index (κ3) is 4.92. The number of rotatable bonds is 7. The Labute approximate surface area is 254 Å². The molecule has 44 heavy (non-hydrogen) atoms. The van der Waals surface area contributed by atoms with Gasteiger partial charge in [0.25, 0.3) is 0 Å². The van der Waals surface area contributed by atoms with E-state index in [4.69, 9.17) is 9.72 Å². The highest BCUT2D eigenvalue weighted by Crippen LogP contribution is 2.47. The van der Waals surface area contributed by atoms with Crippen molar-refractivity contribution in [1.29, 1.82) is 0 Å². The summed E-state index contributed by atoms with van der Waals surface area (Å²) >= 11 is 0. The maximum absolute atomic E-state index is 16.7. The maximum Gasteiger partial charge on any atom is 0.319 e. The summed E-state index contributed by atoms with van der Waals surface area (Å²) in [5.74, 6) is -1.19. The van der Waals surface area contributed by atoms with Crippen LogP contribution in [0.2, 0.25) is 0 Å². The normalized spacial score (nSPS) is 26.1. The average Bonchev–Trinajstić information content (AvgIpc) is 3.54. The van der Waals surface area contributed by atoms with Gasteiger partial charge in [0.05, 0.1) is 12.2 Å². The van der Waals surface area contributed by atoms with Gasteiger partial charge in [0.2, 0.25) is 0 Å². The van der Waals surface area contributed by atoms with Gasteiger partial charge in [0.1, 0.15) is 29.1 Å². The minimum absolute atomic E-state index is 0.0190. The smallest absolute Gasteiger partial charge is 0.319 e. The standard InChI is InChI=1S/C34H36F3N5O2/c1-33-8-6-22(40-33)16-42(17-33)31-26-14-27(36)28(25-13-23(43)12-20-4-2-3-5-24(20)25)29(37)30(26)38-32(39-31)44-19-34(9-10-34)18-41-11-7-21(35)15-41/h2-5,12-14,21-22,40,43H,6-11,15-19H2,1H3/t21-,22-,33+/m1/s1. The van der Waals surface area contributed by atoms with Crippen LogP contribution in [0.15, 0.2) is 42.5 Å². The molecule has 0 unspecified atom stereocenters. The Kier molecular flexibility index (Phi) is 6.47. The number of aromatic hydroxyl groups is 1. The van der Waals surface area contributed by atoms with Crippen LogP contribution in [0.25, 0.3) is 32.8 Å².